The van der Waals surface area contributed by atoms with Crippen LogP contribution in [0.5, 0.6) is 0 Å². The number of amides is 1. The first-order chi connectivity index (χ1) is 8.74. The minimum Gasteiger partial charge on any atom is -0.452 e. The van der Waals surface area contributed by atoms with Gasteiger partial charge in [0.05, 0.1) is 18.8 Å². The Morgan fingerprint density at radius 2 is 2.17 bits per heavy atom. The molecular formula is C15H17NO2. The zero-order chi connectivity index (χ0) is 13.1. The van der Waals surface area contributed by atoms with E-state index in [-0.39, 0.29) is 18.1 Å². The molecule has 0 N–H and O–H groups in total. The normalized spacial score (nSPS) is 22.0. The van der Waals surface area contributed by atoms with E-state index in [2.05, 4.69) is 6.58 Å². The van der Waals surface area contributed by atoms with Crippen LogP contribution in [-0.2, 0) is 4.74 Å². The van der Waals surface area contributed by atoms with E-state index in [1.54, 1.807) is 4.90 Å². The third-order valence-corrected chi connectivity index (χ3v) is 3.24. The van der Waals surface area contributed by atoms with E-state index in [1.165, 1.54) is 7.11 Å². The molecule has 0 radical (unpaired) electrons. The number of fused-ring (bicyclic) bond motifs is 1. The molecule has 3 heteroatoms. The third-order valence-electron chi connectivity index (χ3n) is 3.24. The van der Waals surface area contributed by atoms with Crippen LogP contribution in [0.1, 0.15) is 18.4 Å². The number of methoxy groups -OCH3 is 1. The molecule has 2 unspecified atom stereocenters. The number of benzene rings is 1. The lowest BCUT2D eigenvalue weighted by molar-refractivity contribution is 0.177. The van der Waals surface area contributed by atoms with Crippen LogP contribution in [-0.4, -0.2) is 19.2 Å². The molecule has 0 bridgehead atoms. The molecule has 1 amide bonds. The molecule has 94 valence electrons. The van der Waals surface area contributed by atoms with E-state index in [9.17, 15) is 4.79 Å². The molecule has 0 spiro atoms. The lowest BCUT2D eigenvalue weighted by Crippen LogP contribution is -2.37. The molecule has 1 aromatic carbocycles. The molecule has 2 rings (SSSR count). The minimum atomic E-state index is -0.338. The van der Waals surface area contributed by atoms with Gasteiger partial charge in [0.2, 0.25) is 0 Å². The third kappa shape index (κ3) is 1.82. The van der Waals surface area contributed by atoms with Crippen LogP contribution in [0.2, 0.25) is 0 Å². The average molecular weight is 243 g/mol. The summed E-state index contributed by atoms with van der Waals surface area (Å²) in [6, 6.07) is 7.81. The second-order valence-corrected chi connectivity index (χ2v) is 4.18. The number of nitrogens with zero attached hydrogens (tertiary/aromatic N) is 1. The molecule has 3 nitrogen and oxygen atoms in total. The predicted octanol–water partition coefficient (Wildman–Crippen LogP) is 3.49. The number of carbonyl (C=O) groups excluding carboxylic acids is 1. The fraction of sp³-hybridized carbons (Fsp3) is 0.267. The van der Waals surface area contributed by atoms with Gasteiger partial charge in [-0.3, -0.25) is 4.90 Å². The summed E-state index contributed by atoms with van der Waals surface area (Å²) in [6.45, 7) is 5.82. The second-order valence-electron chi connectivity index (χ2n) is 4.18. The van der Waals surface area contributed by atoms with Crippen molar-refractivity contribution in [1.29, 1.82) is 0 Å². The van der Waals surface area contributed by atoms with Crippen LogP contribution in [0.15, 0.2) is 49.1 Å². The van der Waals surface area contributed by atoms with Crippen molar-refractivity contribution in [3.63, 3.8) is 0 Å². The van der Waals surface area contributed by atoms with Gasteiger partial charge in [-0.15, -0.1) is 6.58 Å². The molecule has 0 aromatic heterocycles. The van der Waals surface area contributed by atoms with Crippen molar-refractivity contribution in [2.75, 3.05) is 12.0 Å². The van der Waals surface area contributed by atoms with Gasteiger partial charge in [0.15, 0.2) is 0 Å². The van der Waals surface area contributed by atoms with Crippen LogP contribution < -0.4 is 4.90 Å². The summed E-state index contributed by atoms with van der Waals surface area (Å²) < 4.78 is 4.88. The number of hydrogen-bond acceptors (Lipinski definition) is 2. The predicted molar refractivity (Wildman–Crippen MR) is 72.9 cm³/mol. The molecular weight excluding hydrogens is 226 g/mol. The summed E-state index contributed by atoms with van der Waals surface area (Å²) in [4.78, 5) is 13.6. The van der Waals surface area contributed by atoms with E-state index >= 15 is 0 Å². The van der Waals surface area contributed by atoms with Crippen molar-refractivity contribution in [3.8, 4) is 0 Å². The fourth-order valence-corrected chi connectivity index (χ4v) is 2.48. The van der Waals surface area contributed by atoms with Gasteiger partial charge in [-0.2, -0.15) is 0 Å². The maximum Gasteiger partial charge on any atom is 0.414 e. The summed E-state index contributed by atoms with van der Waals surface area (Å²) in [5.74, 6) is 0.108. The monoisotopic (exact) mass is 243 g/mol. The Kier molecular flexibility index (Phi) is 3.51. The topological polar surface area (TPSA) is 29.5 Å². The van der Waals surface area contributed by atoms with E-state index < -0.39 is 0 Å². The Morgan fingerprint density at radius 3 is 2.78 bits per heavy atom. The molecule has 2 atom stereocenters. The Morgan fingerprint density at radius 1 is 1.44 bits per heavy atom. The zero-order valence-corrected chi connectivity index (χ0v) is 10.7. The van der Waals surface area contributed by atoms with Gasteiger partial charge in [-0.25, -0.2) is 4.79 Å². The summed E-state index contributed by atoms with van der Waals surface area (Å²) >= 11 is 0. The zero-order valence-electron chi connectivity index (χ0n) is 10.7. The summed E-state index contributed by atoms with van der Waals surface area (Å²) in [5, 5.41) is 0. The lowest BCUT2D eigenvalue weighted by Gasteiger charge is -2.23. The smallest absolute Gasteiger partial charge is 0.414 e. The maximum absolute atomic E-state index is 12.0. The van der Waals surface area contributed by atoms with Crippen molar-refractivity contribution in [2.45, 2.75) is 18.9 Å². The Bertz CT molecular complexity index is 493. The van der Waals surface area contributed by atoms with Crippen LogP contribution in [0.4, 0.5) is 10.5 Å². The van der Waals surface area contributed by atoms with Crippen molar-refractivity contribution in [2.24, 2.45) is 0 Å². The van der Waals surface area contributed by atoms with Gasteiger partial charge in [0.1, 0.15) is 0 Å². The summed E-state index contributed by atoms with van der Waals surface area (Å²) in [6.07, 6.45) is 5.49. The van der Waals surface area contributed by atoms with Crippen molar-refractivity contribution in [1.82, 2.24) is 0 Å². The molecule has 18 heavy (non-hydrogen) atoms. The number of ether oxygens (including phenoxy) is 1. The van der Waals surface area contributed by atoms with E-state index in [0.717, 1.165) is 11.3 Å². The number of allylic oxidation sites excluding steroid dienone is 1. The molecule has 0 saturated heterocycles. The Hall–Kier alpha value is -2.03. The lowest BCUT2D eigenvalue weighted by atomic mass is 9.95. The van der Waals surface area contributed by atoms with Gasteiger partial charge < -0.3 is 4.74 Å². The maximum atomic E-state index is 12.0. The van der Waals surface area contributed by atoms with Gasteiger partial charge >= 0.3 is 6.09 Å². The molecule has 1 heterocycles. The van der Waals surface area contributed by atoms with Gasteiger partial charge in [0.25, 0.3) is 0 Å². The Labute approximate surface area is 107 Å². The summed E-state index contributed by atoms with van der Waals surface area (Å²) in [5.41, 5.74) is 2.01. The molecule has 1 aliphatic heterocycles. The quantitative estimate of drug-likeness (QED) is 0.744. The van der Waals surface area contributed by atoms with Crippen LogP contribution in [0, 0.1) is 0 Å². The largest absolute Gasteiger partial charge is 0.452 e. The first-order valence-corrected chi connectivity index (χ1v) is 5.96. The highest BCUT2D eigenvalue weighted by molar-refractivity contribution is 5.92. The molecule has 0 aliphatic carbocycles. The number of hydrogen-bond donors (Lipinski definition) is 0. The van der Waals surface area contributed by atoms with Crippen LogP contribution in [0.25, 0.3) is 0 Å². The van der Waals surface area contributed by atoms with Gasteiger partial charge in [-0.1, -0.05) is 36.4 Å². The minimum absolute atomic E-state index is 0.0580. The standard InChI is InChI=1S/C15H17NO2/c1-4-8-13-11(5-2)12-9-6-7-10-14(12)16(13)15(17)18-3/h4-11,13H,2H2,1,3H3/b8-4+. The van der Waals surface area contributed by atoms with Gasteiger partial charge in [-0.05, 0) is 18.6 Å². The van der Waals surface area contributed by atoms with Crippen LogP contribution >= 0.6 is 0 Å². The number of para-hydroxylation sites is 1. The highest BCUT2D eigenvalue weighted by Gasteiger charge is 2.38. The van der Waals surface area contributed by atoms with Crippen LogP contribution in [0.3, 0.4) is 0 Å². The molecule has 1 aliphatic rings. The highest BCUT2D eigenvalue weighted by Crippen LogP contribution is 2.42. The number of rotatable bonds is 2. The first kappa shape index (κ1) is 12.4. The Balaban J connectivity index is 2.54. The molecule has 0 saturated carbocycles. The van der Waals surface area contributed by atoms with Crippen molar-refractivity contribution < 1.29 is 9.53 Å². The van der Waals surface area contributed by atoms with E-state index in [1.807, 2.05) is 49.4 Å². The first-order valence-electron chi connectivity index (χ1n) is 5.96. The van der Waals surface area contributed by atoms with Crippen molar-refractivity contribution in [3.05, 3.63) is 54.6 Å². The van der Waals surface area contributed by atoms with Crippen molar-refractivity contribution >= 4 is 11.8 Å². The number of carbonyl (C=O) groups is 1. The molecule has 0 fully saturated rings. The van der Waals surface area contributed by atoms with E-state index in [0.29, 0.717) is 0 Å². The van der Waals surface area contributed by atoms with E-state index in [4.69, 9.17) is 4.74 Å². The second kappa shape index (κ2) is 5.08. The molecule has 1 aromatic rings. The summed E-state index contributed by atoms with van der Waals surface area (Å²) in [7, 11) is 1.40. The SMILES string of the molecule is C=CC1c2ccccc2N(C(=O)OC)C1/C=C/C. The van der Waals surface area contributed by atoms with Gasteiger partial charge in [0, 0.05) is 5.92 Å². The number of anilines is 1. The highest BCUT2D eigenvalue weighted by atomic mass is 16.5. The average Bonchev–Trinajstić information content (AvgIpc) is 2.71. The fourth-order valence-electron chi connectivity index (χ4n) is 2.48.